The van der Waals surface area contributed by atoms with Crippen LogP contribution in [0.15, 0.2) is 39.0 Å². The van der Waals surface area contributed by atoms with Crippen LogP contribution in [0.4, 0.5) is 5.69 Å². The second-order valence-corrected chi connectivity index (χ2v) is 8.18. The molecule has 0 fully saturated rings. The first-order valence-electron chi connectivity index (χ1n) is 6.72. The minimum absolute atomic E-state index is 0.144. The minimum atomic E-state index is -0.158. The van der Waals surface area contributed by atoms with E-state index in [1.54, 1.807) is 5.51 Å². The maximum Gasteiger partial charge on any atom is 0.240 e. The van der Waals surface area contributed by atoms with E-state index in [2.05, 4.69) is 16.3 Å². The molecule has 2 heterocycles. The summed E-state index contributed by atoms with van der Waals surface area (Å²) in [6.45, 7) is 2.72. The van der Waals surface area contributed by atoms with Gasteiger partial charge in [-0.25, -0.2) is 0 Å². The van der Waals surface area contributed by atoms with Crippen molar-refractivity contribution < 1.29 is 4.79 Å². The smallest absolute Gasteiger partial charge is 0.240 e. The number of fused-ring (bicyclic) bond motifs is 1. The lowest BCUT2D eigenvalue weighted by Gasteiger charge is -2.25. The van der Waals surface area contributed by atoms with Crippen molar-refractivity contribution in [3.8, 4) is 0 Å². The van der Waals surface area contributed by atoms with Crippen LogP contribution in [0.5, 0.6) is 0 Å². The molecule has 1 amide bonds. The molecule has 0 unspecified atom stereocenters. The quantitative estimate of drug-likeness (QED) is 0.802. The van der Waals surface area contributed by atoms with Crippen molar-refractivity contribution >= 4 is 46.5 Å². The second kappa shape index (κ2) is 6.81. The summed E-state index contributed by atoms with van der Waals surface area (Å²) in [6, 6.07) is 8.15. The largest absolute Gasteiger partial charge is 0.310 e. The molecule has 3 rings (SSSR count). The molecule has 2 aromatic rings. The zero-order valence-corrected chi connectivity index (χ0v) is 14.0. The Morgan fingerprint density at radius 1 is 1.43 bits per heavy atom. The van der Waals surface area contributed by atoms with E-state index >= 15 is 0 Å². The lowest BCUT2D eigenvalue weighted by atomic mass is 10.2. The van der Waals surface area contributed by atoms with E-state index in [0.29, 0.717) is 0 Å². The number of carbonyl (C=O) groups excluding carboxylic acids is 1. The summed E-state index contributed by atoms with van der Waals surface area (Å²) in [5.74, 6) is 1.20. The fourth-order valence-corrected chi connectivity index (χ4v) is 4.87. The topological polar surface area (TPSA) is 46.1 Å². The highest BCUT2D eigenvalue weighted by molar-refractivity contribution is 8.02. The Morgan fingerprint density at radius 2 is 2.29 bits per heavy atom. The highest BCUT2D eigenvalue weighted by Crippen LogP contribution is 2.35. The molecule has 110 valence electrons. The predicted molar refractivity (Wildman–Crippen MR) is 89.4 cm³/mol. The van der Waals surface area contributed by atoms with Crippen molar-refractivity contribution in [3.05, 3.63) is 29.8 Å². The molecule has 0 bridgehead atoms. The molecule has 21 heavy (non-hydrogen) atoms. The highest BCUT2D eigenvalue weighted by Gasteiger charge is 2.26. The molecule has 1 aromatic heterocycles. The number of carbonyl (C=O) groups is 1. The van der Waals surface area contributed by atoms with Crippen molar-refractivity contribution in [1.82, 2.24) is 10.2 Å². The third-order valence-corrected chi connectivity index (χ3v) is 6.22. The van der Waals surface area contributed by atoms with Gasteiger partial charge in [-0.2, -0.15) is 0 Å². The summed E-state index contributed by atoms with van der Waals surface area (Å²) in [7, 11) is 0. The third-order valence-electron chi connectivity index (χ3n) is 3.17. The van der Waals surface area contributed by atoms with Crippen molar-refractivity contribution in [2.45, 2.75) is 27.8 Å². The van der Waals surface area contributed by atoms with Gasteiger partial charge in [0, 0.05) is 11.4 Å². The van der Waals surface area contributed by atoms with E-state index < -0.39 is 0 Å². The molecule has 1 aliphatic rings. The number of para-hydroxylation sites is 1. The Hall–Kier alpha value is -1.05. The molecular formula is C14H15N3OS3. The molecule has 7 heteroatoms. The summed E-state index contributed by atoms with van der Waals surface area (Å²) in [6.07, 6.45) is 1.02. The third kappa shape index (κ3) is 3.41. The van der Waals surface area contributed by atoms with Gasteiger partial charge in [0.15, 0.2) is 4.34 Å². The first-order chi connectivity index (χ1) is 10.3. The average Bonchev–Trinajstić information content (AvgIpc) is 2.91. The summed E-state index contributed by atoms with van der Waals surface area (Å²) < 4.78 is 0.841. The number of nitrogens with zero attached hydrogens (tertiary/aromatic N) is 3. The molecule has 0 saturated heterocycles. The maximum atomic E-state index is 12.8. The van der Waals surface area contributed by atoms with Gasteiger partial charge in [0.25, 0.3) is 0 Å². The molecule has 0 N–H and O–H groups in total. The average molecular weight is 337 g/mol. The Balaban J connectivity index is 1.80. The zero-order valence-electron chi connectivity index (χ0n) is 11.6. The lowest BCUT2D eigenvalue weighted by Crippen LogP contribution is -2.37. The Bertz CT molecular complexity index is 618. The van der Waals surface area contributed by atoms with Gasteiger partial charge in [0.1, 0.15) is 5.51 Å². The molecule has 0 spiro atoms. The van der Waals surface area contributed by atoms with Crippen LogP contribution >= 0.6 is 34.9 Å². The van der Waals surface area contributed by atoms with Gasteiger partial charge in [0.2, 0.25) is 5.91 Å². The molecule has 1 atom stereocenters. The summed E-state index contributed by atoms with van der Waals surface area (Å²) in [4.78, 5) is 15.9. The Labute approximate surface area is 136 Å². The van der Waals surface area contributed by atoms with E-state index in [4.69, 9.17) is 0 Å². The van der Waals surface area contributed by atoms with Crippen LogP contribution < -0.4 is 4.90 Å². The van der Waals surface area contributed by atoms with Crippen molar-refractivity contribution in [1.29, 1.82) is 0 Å². The number of anilines is 1. The van der Waals surface area contributed by atoms with Crippen LogP contribution in [0.25, 0.3) is 0 Å². The summed E-state index contributed by atoms with van der Waals surface area (Å²) >= 11 is 4.78. The second-order valence-electron chi connectivity index (χ2n) is 4.62. The SMILES string of the molecule is C[C@@H](Sc1nncs1)C(=O)N1CCCSc2ccccc21. The molecule has 1 aromatic carbocycles. The summed E-state index contributed by atoms with van der Waals surface area (Å²) in [5.41, 5.74) is 2.73. The van der Waals surface area contributed by atoms with E-state index in [-0.39, 0.29) is 11.2 Å². The first kappa shape index (κ1) is 14.9. The molecule has 0 saturated carbocycles. The molecule has 0 aliphatic carbocycles. The van der Waals surface area contributed by atoms with Crippen LogP contribution in [0.3, 0.4) is 0 Å². The Morgan fingerprint density at radius 3 is 3.10 bits per heavy atom. The molecule has 0 radical (unpaired) electrons. The van der Waals surface area contributed by atoms with Gasteiger partial charge in [-0.1, -0.05) is 35.2 Å². The number of amides is 1. The fourth-order valence-electron chi connectivity index (χ4n) is 2.19. The van der Waals surface area contributed by atoms with Crippen molar-refractivity contribution in [2.75, 3.05) is 17.2 Å². The van der Waals surface area contributed by atoms with Gasteiger partial charge >= 0.3 is 0 Å². The first-order valence-corrected chi connectivity index (χ1v) is 9.46. The van der Waals surface area contributed by atoms with Crippen LogP contribution in [-0.4, -0.2) is 33.7 Å². The van der Waals surface area contributed by atoms with E-state index in [0.717, 1.165) is 28.7 Å². The fraction of sp³-hybridized carbons (Fsp3) is 0.357. The minimum Gasteiger partial charge on any atom is -0.310 e. The van der Waals surface area contributed by atoms with E-state index in [9.17, 15) is 4.79 Å². The van der Waals surface area contributed by atoms with Gasteiger partial charge in [-0.15, -0.1) is 22.0 Å². The monoisotopic (exact) mass is 337 g/mol. The standard InChI is InChI=1S/C14H15N3OS3/c1-10(21-14-16-15-9-20-14)13(18)17-7-4-8-19-12-6-3-2-5-11(12)17/h2-3,5-6,9-10H,4,7-8H2,1H3/t10-/m1/s1. The Kier molecular flexibility index (Phi) is 4.82. The number of aromatic nitrogens is 2. The van der Waals surface area contributed by atoms with Crippen LogP contribution in [0, 0.1) is 0 Å². The maximum absolute atomic E-state index is 12.8. The predicted octanol–water partition coefficient (Wildman–Crippen LogP) is 3.55. The van der Waals surface area contributed by atoms with Gasteiger partial charge in [0.05, 0.1) is 10.9 Å². The lowest BCUT2D eigenvalue weighted by molar-refractivity contribution is -0.117. The van der Waals surface area contributed by atoms with Crippen LogP contribution in [-0.2, 0) is 4.79 Å². The molecule has 4 nitrogen and oxygen atoms in total. The van der Waals surface area contributed by atoms with Gasteiger partial charge in [-0.05, 0) is 31.2 Å². The number of hydrogen-bond donors (Lipinski definition) is 0. The van der Waals surface area contributed by atoms with Gasteiger partial charge < -0.3 is 4.90 Å². The number of benzene rings is 1. The van der Waals surface area contributed by atoms with E-state index in [1.165, 1.54) is 28.0 Å². The highest BCUT2D eigenvalue weighted by atomic mass is 32.2. The number of hydrogen-bond acceptors (Lipinski definition) is 6. The van der Waals surface area contributed by atoms with Crippen LogP contribution in [0.1, 0.15) is 13.3 Å². The van der Waals surface area contributed by atoms with Crippen molar-refractivity contribution in [2.24, 2.45) is 0 Å². The molecular weight excluding hydrogens is 322 g/mol. The van der Waals surface area contributed by atoms with Crippen molar-refractivity contribution in [3.63, 3.8) is 0 Å². The molecule has 1 aliphatic heterocycles. The van der Waals surface area contributed by atoms with E-state index in [1.807, 2.05) is 41.8 Å². The summed E-state index contributed by atoms with van der Waals surface area (Å²) in [5, 5.41) is 7.66. The normalized spacial score (nSPS) is 16.1. The van der Waals surface area contributed by atoms with Gasteiger partial charge in [-0.3, -0.25) is 4.79 Å². The zero-order chi connectivity index (χ0) is 14.7. The number of thioether (sulfide) groups is 2. The number of rotatable bonds is 3. The van der Waals surface area contributed by atoms with Crippen LogP contribution in [0.2, 0.25) is 0 Å².